The second-order valence-electron chi connectivity index (χ2n) is 7.54. The third kappa shape index (κ3) is 5.41. The second-order valence-corrected chi connectivity index (χ2v) is 8.57. The van der Waals surface area contributed by atoms with Crippen LogP contribution in [0.1, 0.15) is 16.8 Å². The molecule has 1 aliphatic heterocycles. The molecule has 2 heterocycles. The van der Waals surface area contributed by atoms with Gasteiger partial charge in [0.05, 0.1) is 23.3 Å². The average Bonchev–Trinajstić information content (AvgIpc) is 3.45. The van der Waals surface area contributed by atoms with E-state index in [4.69, 9.17) is 4.74 Å². The van der Waals surface area contributed by atoms with Gasteiger partial charge in [-0.2, -0.15) is 0 Å². The van der Waals surface area contributed by atoms with Gasteiger partial charge in [-0.3, -0.25) is 4.79 Å². The lowest BCUT2D eigenvalue weighted by Gasteiger charge is -2.07. The molecule has 0 unspecified atom stereocenters. The fourth-order valence-electron chi connectivity index (χ4n) is 3.38. The monoisotopic (exact) mass is 467 g/mol. The molecule has 1 saturated heterocycles. The molecule has 0 bridgehead atoms. The summed E-state index contributed by atoms with van der Waals surface area (Å²) in [5.41, 5.74) is 3.47. The van der Waals surface area contributed by atoms with Crippen molar-refractivity contribution in [1.82, 2.24) is 20.3 Å². The van der Waals surface area contributed by atoms with Gasteiger partial charge < -0.3 is 10.1 Å². The van der Waals surface area contributed by atoms with Crippen LogP contribution in [0.2, 0.25) is 0 Å². The summed E-state index contributed by atoms with van der Waals surface area (Å²) in [6.07, 6.45) is 3.69. The highest BCUT2D eigenvalue weighted by atomic mass is 32.2. The van der Waals surface area contributed by atoms with Crippen LogP contribution in [0.3, 0.4) is 0 Å². The molecule has 7 nitrogen and oxygen atoms in total. The number of carbonyl (C=O) groups excluding carboxylic acids is 1. The van der Waals surface area contributed by atoms with E-state index in [-0.39, 0.29) is 12.5 Å². The Labute approximate surface area is 201 Å². The standard InChI is InChI=1S/C26H21N5O2S/c32-25-24(34-26(28-25)27-21-12-5-2-6-13-21)15-20-11-7-8-14-23(20)33-18-22-17-31(30-29-22)16-19-9-3-1-4-10-19/h1-15,17H,16,18H2,(H,27,28,32)/b24-15-. The van der Waals surface area contributed by atoms with E-state index >= 15 is 0 Å². The van der Waals surface area contributed by atoms with Crippen LogP contribution in [0.5, 0.6) is 5.75 Å². The number of hydrogen-bond acceptors (Lipinski definition) is 6. The third-order valence-corrected chi connectivity index (χ3v) is 5.90. The van der Waals surface area contributed by atoms with E-state index in [2.05, 4.69) is 32.8 Å². The van der Waals surface area contributed by atoms with E-state index < -0.39 is 0 Å². The van der Waals surface area contributed by atoms with Crippen LogP contribution in [0.4, 0.5) is 5.69 Å². The van der Waals surface area contributed by atoms with Gasteiger partial charge in [0.1, 0.15) is 18.1 Å². The second kappa shape index (κ2) is 10.2. The lowest BCUT2D eigenvalue weighted by molar-refractivity contribution is -0.115. The van der Waals surface area contributed by atoms with E-state index in [9.17, 15) is 4.79 Å². The van der Waals surface area contributed by atoms with Crippen LogP contribution in [-0.4, -0.2) is 26.1 Å². The van der Waals surface area contributed by atoms with Crippen LogP contribution < -0.4 is 10.1 Å². The number of thioether (sulfide) groups is 1. The number of amidine groups is 1. The highest BCUT2D eigenvalue weighted by Gasteiger charge is 2.24. The minimum Gasteiger partial charge on any atom is -0.487 e. The van der Waals surface area contributed by atoms with Crippen LogP contribution >= 0.6 is 11.8 Å². The van der Waals surface area contributed by atoms with Crippen molar-refractivity contribution in [3.8, 4) is 5.75 Å². The van der Waals surface area contributed by atoms with E-state index in [1.54, 1.807) is 4.68 Å². The summed E-state index contributed by atoms with van der Waals surface area (Å²) in [4.78, 5) is 17.5. The summed E-state index contributed by atoms with van der Waals surface area (Å²) < 4.78 is 7.81. The first-order valence-electron chi connectivity index (χ1n) is 10.7. The first-order valence-corrected chi connectivity index (χ1v) is 11.5. The molecule has 4 aromatic rings. The summed E-state index contributed by atoms with van der Waals surface area (Å²) in [6.45, 7) is 0.921. The lowest BCUT2D eigenvalue weighted by Crippen LogP contribution is -2.19. The molecule has 0 atom stereocenters. The Morgan fingerprint density at radius 1 is 0.971 bits per heavy atom. The molecule has 168 valence electrons. The quantitative estimate of drug-likeness (QED) is 0.395. The van der Waals surface area contributed by atoms with Gasteiger partial charge in [0.2, 0.25) is 0 Å². The topological polar surface area (TPSA) is 81.4 Å². The Kier molecular flexibility index (Phi) is 6.49. The van der Waals surface area contributed by atoms with Gasteiger partial charge in [0.15, 0.2) is 5.17 Å². The first kappa shape index (κ1) is 21.7. The largest absolute Gasteiger partial charge is 0.487 e. The Hall–Kier alpha value is -4.17. The number of para-hydroxylation sites is 2. The molecule has 0 radical (unpaired) electrons. The average molecular weight is 468 g/mol. The molecule has 0 spiro atoms. The minimum absolute atomic E-state index is 0.182. The fraction of sp³-hybridized carbons (Fsp3) is 0.0769. The van der Waals surface area contributed by atoms with Crippen molar-refractivity contribution in [2.45, 2.75) is 13.2 Å². The lowest BCUT2D eigenvalue weighted by atomic mass is 10.2. The Morgan fingerprint density at radius 3 is 2.53 bits per heavy atom. The molecular formula is C26H21N5O2S. The van der Waals surface area contributed by atoms with E-state index in [0.29, 0.717) is 22.4 Å². The van der Waals surface area contributed by atoms with Crippen molar-refractivity contribution in [2.24, 2.45) is 4.99 Å². The maximum absolute atomic E-state index is 12.5. The fourth-order valence-corrected chi connectivity index (χ4v) is 4.21. The molecular weight excluding hydrogens is 446 g/mol. The maximum atomic E-state index is 12.5. The molecule has 1 amide bonds. The van der Waals surface area contributed by atoms with Crippen LogP contribution in [-0.2, 0) is 17.9 Å². The molecule has 0 aliphatic carbocycles. The molecule has 1 N–H and O–H groups in total. The summed E-state index contributed by atoms with van der Waals surface area (Å²) >= 11 is 1.31. The van der Waals surface area contributed by atoms with Crippen molar-refractivity contribution >= 4 is 34.6 Å². The summed E-state index contributed by atoms with van der Waals surface area (Å²) in [6, 6.07) is 27.2. The number of nitrogens with one attached hydrogen (secondary N) is 1. The van der Waals surface area contributed by atoms with Crippen molar-refractivity contribution in [3.05, 3.63) is 113 Å². The molecule has 1 fully saturated rings. The number of rotatable bonds is 7. The highest BCUT2D eigenvalue weighted by molar-refractivity contribution is 8.18. The smallest absolute Gasteiger partial charge is 0.264 e. The maximum Gasteiger partial charge on any atom is 0.264 e. The van der Waals surface area contributed by atoms with Gasteiger partial charge in [0.25, 0.3) is 5.91 Å². The molecule has 0 saturated carbocycles. The third-order valence-electron chi connectivity index (χ3n) is 4.99. The van der Waals surface area contributed by atoms with Crippen molar-refractivity contribution < 1.29 is 9.53 Å². The molecule has 8 heteroatoms. The molecule has 3 aromatic carbocycles. The number of aliphatic imine (C=N–C) groups is 1. The number of aromatic nitrogens is 3. The zero-order valence-corrected chi connectivity index (χ0v) is 19.0. The van der Waals surface area contributed by atoms with Gasteiger partial charge in [0, 0.05) is 5.56 Å². The summed E-state index contributed by atoms with van der Waals surface area (Å²) in [7, 11) is 0. The van der Waals surface area contributed by atoms with E-state index in [0.717, 1.165) is 22.5 Å². The van der Waals surface area contributed by atoms with Gasteiger partial charge in [-0.15, -0.1) is 5.10 Å². The van der Waals surface area contributed by atoms with Crippen LogP contribution in [0, 0.1) is 0 Å². The summed E-state index contributed by atoms with van der Waals surface area (Å²) in [5.74, 6) is 0.479. The molecule has 1 aromatic heterocycles. The number of benzene rings is 3. The molecule has 34 heavy (non-hydrogen) atoms. The van der Waals surface area contributed by atoms with Gasteiger partial charge >= 0.3 is 0 Å². The van der Waals surface area contributed by atoms with Gasteiger partial charge in [-0.25, -0.2) is 9.67 Å². The predicted octanol–water partition coefficient (Wildman–Crippen LogP) is 4.80. The zero-order chi connectivity index (χ0) is 23.2. The van der Waals surface area contributed by atoms with E-state index in [1.807, 2.05) is 85.1 Å². The molecule has 5 rings (SSSR count). The minimum atomic E-state index is -0.182. The van der Waals surface area contributed by atoms with Gasteiger partial charge in [-0.05, 0) is 41.6 Å². The SMILES string of the molecule is O=C1NC(=Nc2ccccc2)S/C1=C\c1ccccc1OCc1cn(Cc2ccccc2)nn1. The van der Waals surface area contributed by atoms with Crippen molar-refractivity contribution in [1.29, 1.82) is 0 Å². The number of nitrogens with zero attached hydrogens (tertiary/aromatic N) is 4. The molecule has 1 aliphatic rings. The zero-order valence-electron chi connectivity index (χ0n) is 18.2. The summed E-state index contributed by atoms with van der Waals surface area (Å²) in [5, 5.41) is 11.8. The van der Waals surface area contributed by atoms with Gasteiger partial charge in [-0.1, -0.05) is 71.9 Å². The Morgan fingerprint density at radius 2 is 1.71 bits per heavy atom. The van der Waals surface area contributed by atoms with Crippen LogP contribution in [0.15, 0.2) is 101 Å². The number of ether oxygens (including phenoxy) is 1. The Bertz CT molecular complexity index is 1350. The Balaban J connectivity index is 1.27. The predicted molar refractivity (Wildman–Crippen MR) is 134 cm³/mol. The highest BCUT2D eigenvalue weighted by Crippen LogP contribution is 2.30. The number of amides is 1. The van der Waals surface area contributed by atoms with E-state index in [1.165, 1.54) is 11.8 Å². The van der Waals surface area contributed by atoms with Crippen molar-refractivity contribution in [3.63, 3.8) is 0 Å². The number of hydrogen-bond donors (Lipinski definition) is 1. The van der Waals surface area contributed by atoms with Crippen molar-refractivity contribution in [2.75, 3.05) is 0 Å². The first-order chi connectivity index (χ1) is 16.7. The normalized spacial score (nSPS) is 15.6. The number of carbonyl (C=O) groups is 1. The van der Waals surface area contributed by atoms with Crippen LogP contribution in [0.25, 0.3) is 6.08 Å².